The van der Waals surface area contributed by atoms with Gasteiger partial charge < -0.3 is 15.2 Å². The molecule has 7 heteroatoms. The predicted molar refractivity (Wildman–Crippen MR) is 88.5 cm³/mol. The SMILES string of the molecule is COc1ccc(C(=O)COC(=O)c2ccc(Cl)cc2N)cc1Cl. The van der Waals surface area contributed by atoms with Crippen LogP contribution < -0.4 is 10.5 Å². The molecule has 0 aliphatic heterocycles. The maximum Gasteiger partial charge on any atom is 0.340 e. The van der Waals surface area contributed by atoms with Gasteiger partial charge in [-0.2, -0.15) is 0 Å². The van der Waals surface area contributed by atoms with Crippen molar-refractivity contribution >= 4 is 40.6 Å². The van der Waals surface area contributed by atoms with E-state index < -0.39 is 18.4 Å². The standard InChI is InChI=1S/C16H13Cl2NO4/c1-22-15-5-2-9(6-12(15)18)14(20)8-23-16(21)11-4-3-10(17)7-13(11)19/h2-7H,8,19H2,1H3. The van der Waals surface area contributed by atoms with E-state index in [2.05, 4.69) is 0 Å². The summed E-state index contributed by atoms with van der Waals surface area (Å²) < 4.78 is 9.98. The van der Waals surface area contributed by atoms with Gasteiger partial charge in [0.25, 0.3) is 0 Å². The topological polar surface area (TPSA) is 78.6 Å². The Morgan fingerprint density at radius 1 is 1.13 bits per heavy atom. The number of hydrogen-bond acceptors (Lipinski definition) is 5. The second kappa shape index (κ2) is 7.35. The Kier molecular flexibility index (Phi) is 5.47. The first-order chi connectivity index (χ1) is 10.9. The highest BCUT2D eigenvalue weighted by molar-refractivity contribution is 6.32. The number of Topliss-reactive ketones (excluding diaryl/α,β-unsaturated/α-hetero) is 1. The van der Waals surface area contributed by atoms with E-state index in [1.165, 1.54) is 37.4 Å². The van der Waals surface area contributed by atoms with Crippen molar-refractivity contribution < 1.29 is 19.1 Å². The fourth-order valence-electron chi connectivity index (χ4n) is 1.85. The van der Waals surface area contributed by atoms with Crippen LogP contribution in [-0.2, 0) is 4.74 Å². The van der Waals surface area contributed by atoms with Crippen molar-refractivity contribution in [2.45, 2.75) is 0 Å². The Bertz CT molecular complexity index is 762. The van der Waals surface area contributed by atoms with Crippen LogP contribution in [0.2, 0.25) is 10.0 Å². The second-order valence-electron chi connectivity index (χ2n) is 4.58. The molecule has 0 saturated carbocycles. The van der Waals surface area contributed by atoms with Crippen molar-refractivity contribution in [3.8, 4) is 5.75 Å². The van der Waals surface area contributed by atoms with Gasteiger partial charge in [0.2, 0.25) is 0 Å². The summed E-state index contributed by atoms with van der Waals surface area (Å²) in [6.45, 7) is -0.427. The van der Waals surface area contributed by atoms with Gasteiger partial charge in [0, 0.05) is 16.3 Å². The first kappa shape index (κ1) is 17.1. The fourth-order valence-corrected chi connectivity index (χ4v) is 2.29. The van der Waals surface area contributed by atoms with Crippen LogP contribution in [0.15, 0.2) is 36.4 Å². The Morgan fingerprint density at radius 2 is 1.87 bits per heavy atom. The smallest absolute Gasteiger partial charge is 0.340 e. The molecule has 0 spiro atoms. The maximum absolute atomic E-state index is 12.0. The molecule has 0 bridgehead atoms. The third-order valence-corrected chi connectivity index (χ3v) is 3.57. The number of hydrogen-bond donors (Lipinski definition) is 1. The molecule has 0 amide bonds. The zero-order valence-electron chi connectivity index (χ0n) is 12.1. The van der Waals surface area contributed by atoms with Crippen LogP contribution in [0.25, 0.3) is 0 Å². The molecular weight excluding hydrogens is 341 g/mol. The molecule has 2 rings (SSSR count). The molecule has 5 nitrogen and oxygen atoms in total. The molecule has 120 valence electrons. The van der Waals surface area contributed by atoms with Gasteiger partial charge >= 0.3 is 5.97 Å². The molecule has 0 heterocycles. The number of esters is 1. The molecule has 0 aliphatic carbocycles. The van der Waals surface area contributed by atoms with Crippen molar-refractivity contribution in [2.75, 3.05) is 19.5 Å². The summed E-state index contributed by atoms with van der Waals surface area (Å²) in [4.78, 5) is 24.0. The largest absolute Gasteiger partial charge is 0.495 e. The minimum atomic E-state index is -0.702. The second-order valence-corrected chi connectivity index (χ2v) is 5.42. The monoisotopic (exact) mass is 353 g/mol. The van der Waals surface area contributed by atoms with Crippen LogP contribution in [-0.4, -0.2) is 25.5 Å². The predicted octanol–water partition coefficient (Wildman–Crippen LogP) is 3.62. The Labute approximate surface area is 142 Å². The van der Waals surface area contributed by atoms with Crippen LogP contribution in [0.1, 0.15) is 20.7 Å². The molecule has 0 fully saturated rings. The van der Waals surface area contributed by atoms with Crippen LogP contribution in [0, 0.1) is 0 Å². The first-order valence-electron chi connectivity index (χ1n) is 6.51. The molecule has 2 aromatic rings. The van der Waals surface area contributed by atoms with E-state index in [1.807, 2.05) is 0 Å². The summed E-state index contributed by atoms with van der Waals surface area (Å²) in [5, 5.41) is 0.703. The third-order valence-electron chi connectivity index (χ3n) is 3.04. The number of methoxy groups -OCH3 is 1. The number of nitrogen functional groups attached to an aromatic ring is 1. The molecular formula is C16H13Cl2NO4. The zero-order chi connectivity index (χ0) is 17.0. The lowest BCUT2D eigenvalue weighted by atomic mass is 10.1. The van der Waals surface area contributed by atoms with Gasteiger partial charge in [-0.05, 0) is 36.4 Å². The van der Waals surface area contributed by atoms with Crippen molar-refractivity contribution in [2.24, 2.45) is 0 Å². The van der Waals surface area contributed by atoms with Crippen LogP contribution in [0.3, 0.4) is 0 Å². The lowest BCUT2D eigenvalue weighted by molar-refractivity contribution is 0.0476. The van der Waals surface area contributed by atoms with E-state index in [9.17, 15) is 9.59 Å². The van der Waals surface area contributed by atoms with Crippen molar-refractivity contribution in [1.29, 1.82) is 0 Å². The quantitative estimate of drug-likeness (QED) is 0.504. The lowest BCUT2D eigenvalue weighted by Gasteiger charge is -2.08. The summed E-state index contributed by atoms with van der Waals surface area (Å²) in [5.74, 6) is -0.642. The van der Waals surface area contributed by atoms with Crippen molar-refractivity contribution in [3.05, 3.63) is 57.6 Å². The first-order valence-corrected chi connectivity index (χ1v) is 7.27. The summed E-state index contributed by atoms with van der Waals surface area (Å²) in [7, 11) is 1.47. The zero-order valence-corrected chi connectivity index (χ0v) is 13.6. The highest BCUT2D eigenvalue weighted by Gasteiger charge is 2.15. The van der Waals surface area contributed by atoms with Gasteiger partial charge in [-0.15, -0.1) is 0 Å². The van der Waals surface area contributed by atoms with Crippen LogP contribution in [0.4, 0.5) is 5.69 Å². The number of rotatable bonds is 5. The fraction of sp³-hybridized carbons (Fsp3) is 0.125. The molecule has 0 aliphatic rings. The van der Waals surface area contributed by atoms with E-state index >= 15 is 0 Å². The Balaban J connectivity index is 2.04. The minimum Gasteiger partial charge on any atom is -0.495 e. The lowest BCUT2D eigenvalue weighted by Crippen LogP contribution is -2.15. The highest BCUT2D eigenvalue weighted by Crippen LogP contribution is 2.25. The van der Waals surface area contributed by atoms with E-state index in [-0.39, 0.29) is 11.3 Å². The number of carbonyl (C=O) groups is 2. The minimum absolute atomic E-state index is 0.148. The molecule has 0 unspecified atom stereocenters. The highest BCUT2D eigenvalue weighted by atomic mass is 35.5. The van der Waals surface area contributed by atoms with E-state index in [4.69, 9.17) is 38.4 Å². The van der Waals surface area contributed by atoms with Gasteiger partial charge in [-0.1, -0.05) is 23.2 Å². The molecule has 0 radical (unpaired) electrons. The number of nitrogens with two attached hydrogens (primary N) is 1. The average Bonchev–Trinajstić information content (AvgIpc) is 2.52. The molecule has 2 aromatic carbocycles. The van der Waals surface area contributed by atoms with Crippen molar-refractivity contribution in [1.82, 2.24) is 0 Å². The molecule has 0 atom stereocenters. The van der Waals surface area contributed by atoms with Crippen molar-refractivity contribution in [3.63, 3.8) is 0 Å². The summed E-state index contributed by atoms with van der Waals surface area (Å²) in [6, 6.07) is 8.94. The maximum atomic E-state index is 12.0. The van der Waals surface area contributed by atoms with Gasteiger partial charge in [0.15, 0.2) is 12.4 Å². The molecule has 0 saturated heterocycles. The summed E-state index contributed by atoms with van der Waals surface area (Å²) in [6.07, 6.45) is 0. The van der Waals surface area contributed by atoms with Gasteiger partial charge in [-0.3, -0.25) is 4.79 Å². The Hall–Kier alpha value is -2.24. The van der Waals surface area contributed by atoms with Gasteiger partial charge in [0.1, 0.15) is 5.75 Å². The molecule has 0 aromatic heterocycles. The number of benzene rings is 2. The number of carbonyl (C=O) groups excluding carboxylic acids is 2. The van der Waals surface area contributed by atoms with E-state index in [1.54, 1.807) is 6.07 Å². The average molecular weight is 354 g/mol. The van der Waals surface area contributed by atoms with Crippen LogP contribution >= 0.6 is 23.2 Å². The number of ether oxygens (including phenoxy) is 2. The van der Waals surface area contributed by atoms with Gasteiger partial charge in [-0.25, -0.2) is 4.79 Å². The van der Waals surface area contributed by atoms with E-state index in [0.29, 0.717) is 21.4 Å². The van der Waals surface area contributed by atoms with Gasteiger partial charge in [0.05, 0.1) is 17.7 Å². The number of halogens is 2. The normalized spacial score (nSPS) is 10.2. The number of ketones is 1. The molecule has 23 heavy (non-hydrogen) atoms. The van der Waals surface area contributed by atoms with Crippen LogP contribution in [0.5, 0.6) is 5.75 Å². The van der Waals surface area contributed by atoms with E-state index in [0.717, 1.165) is 0 Å². The number of anilines is 1. The third kappa shape index (κ3) is 4.15. The Morgan fingerprint density at radius 3 is 2.48 bits per heavy atom. The summed E-state index contributed by atoms with van der Waals surface area (Å²) >= 11 is 11.7. The summed E-state index contributed by atoms with van der Waals surface area (Å²) in [5.41, 5.74) is 6.33. The molecule has 2 N–H and O–H groups in total.